The van der Waals surface area contributed by atoms with Gasteiger partial charge in [0.15, 0.2) is 0 Å². The van der Waals surface area contributed by atoms with E-state index in [9.17, 15) is 14.3 Å². The van der Waals surface area contributed by atoms with E-state index in [1.807, 2.05) is 0 Å². The van der Waals surface area contributed by atoms with E-state index in [-0.39, 0.29) is 36.3 Å². The van der Waals surface area contributed by atoms with E-state index < -0.39 is 11.9 Å². The van der Waals surface area contributed by atoms with Crippen LogP contribution in [-0.4, -0.2) is 30.6 Å². The molecule has 1 saturated heterocycles. The van der Waals surface area contributed by atoms with Crippen molar-refractivity contribution in [2.75, 3.05) is 19.6 Å². The number of benzene rings is 1. The Bertz CT molecular complexity index is 439. The minimum Gasteiger partial charge on any atom is -0.386 e. The van der Waals surface area contributed by atoms with Crippen molar-refractivity contribution in [1.29, 1.82) is 0 Å². The fourth-order valence-electron chi connectivity index (χ4n) is 2.28. The van der Waals surface area contributed by atoms with Crippen LogP contribution >= 0.6 is 12.4 Å². The van der Waals surface area contributed by atoms with Crippen molar-refractivity contribution in [3.63, 3.8) is 0 Å². The largest absolute Gasteiger partial charge is 0.386 e. The summed E-state index contributed by atoms with van der Waals surface area (Å²) in [6.07, 6.45) is 0.607. The first-order chi connectivity index (χ1) is 9.18. The van der Waals surface area contributed by atoms with Crippen molar-refractivity contribution in [1.82, 2.24) is 10.6 Å². The van der Waals surface area contributed by atoms with Gasteiger partial charge in [-0.15, -0.1) is 12.4 Å². The van der Waals surface area contributed by atoms with Gasteiger partial charge in [-0.1, -0.05) is 18.2 Å². The lowest BCUT2D eigenvalue weighted by atomic mass is 9.97. The van der Waals surface area contributed by atoms with Crippen molar-refractivity contribution in [2.24, 2.45) is 5.92 Å². The van der Waals surface area contributed by atoms with E-state index in [4.69, 9.17) is 0 Å². The Kier molecular flexibility index (Phi) is 6.91. The molecule has 1 amide bonds. The average Bonchev–Trinajstić information content (AvgIpc) is 2.46. The molecule has 1 unspecified atom stereocenters. The molecule has 3 N–H and O–H groups in total. The fraction of sp³-hybridized carbons (Fsp3) is 0.500. The third kappa shape index (κ3) is 4.44. The van der Waals surface area contributed by atoms with Crippen LogP contribution in [0.4, 0.5) is 4.39 Å². The number of hydrogen-bond acceptors (Lipinski definition) is 3. The zero-order valence-electron chi connectivity index (χ0n) is 11.1. The summed E-state index contributed by atoms with van der Waals surface area (Å²) in [5.74, 6) is -0.517. The van der Waals surface area contributed by atoms with E-state index in [1.54, 1.807) is 12.1 Å². The molecule has 20 heavy (non-hydrogen) atoms. The molecule has 112 valence electrons. The summed E-state index contributed by atoms with van der Waals surface area (Å²) >= 11 is 0. The van der Waals surface area contributed by atoms with E-state index in [1.165, 1.54) is 12.1 Å². The van der Waals surface area contributed by atoms with Crippen LogP contribution in [0, 0.1) is 11.7 Å². The van der Waals surface area contributed by atoms with Crippen LogP contribution in [0.2, 0.25) is 0 Å². The molecule has 2 rings (SSSR count). The molecule has 0 saturated carbocycles. The molecule has 0 spiro atoms. The van der Waals surface area contributed by atoms with Gasteiger partial charge in [-0.2, -0.15) is 0 Å². The number of aliphatic hydroxyl groups is 1. The van der Waals surface area contributed by atoms with Crippen LogP contribution in [0.25, 0.3) is 0 Å². The average molecular weight is 303 g/mol. The maximum atomic E-state index is 13.4. The van der Waals surface area contributed by atoms with E-state index in [0.29, 0.717) is 0 Å². The number of piperidine rings is 1. The monoisotopic (exact) mass is 302 g/mol. The summed E-state index contributed by atoms with van der Waals surface area (Å²) in [5.41, 5.74) is 0.216. The highest BCUT2D eigenvalue weighted by Crippen LogP contribution is 2.16. The third-order valence-electron chi connectivity index (χ3n) is 3.44. The van der Waals surface area contributed by atoms with Crippen molar-refractivity contribution < 1.29 is 14.3 Å². The highest BCUT2D eigenvalue weighted by molar-refractivity contribution is 5.85. The summed E-state index contributed by atoms with van der Waals surface area (Å²) in [7, 11) is 0. The highest BCUT2D eigenvalue weighted by atomic mass is 35.5. The van der Waals surface area contributed by atoms with Gasteiger partial charge in [0, 0.05) is 18.0 Å². The number of aliphatic hydroxyl groups excluding tert-OH is 1. The van der Waals surface area contributed by atoms with Gasteiger partial charge in [0.05, 0.1) is 6.10 Å². The molecular formula is C14H20ClFN2O2. The first kappa shape index (κ1) is 16.9. The maximum Gasteiger partial charge on any atom is 0.223 e. The Labute approximate surface area is 124 Å². The van der Waals surface area contributed by atoms with Crippen LogP contribution < -0.4 is 10.6 Å². The van der Waals surface area contributed by atoms with Gasteiger partial charge >= 0.3 is 0 Å². The number of carbonyl (C=O) groups is 1. The van der Waals surface area contributed by atoms with Crippen LogP contribution in [0.3, 0.4) is 0 Å². The smallest absolute Gasteiger partial charge is 0.223 e. The standard InChI is InChI=1S/C14H19FN2O2.ClH/c15-12-4-2-1-3-11(12)13(18)9-17-14(19)10-5-7-16-8-6-10;/h1-4,10,13,16,18H,5-9H2,(H,17,19);1H. The minimum atomic E-state index is -1.01. The number of nitrogens with one attached hydrogen (secondary N) is 2. The Morgan fingerprint density at radius 3 is 2.70 bits per heavy atom. The van der Waals surface area contributed by atoms with Crippen LogP contribution in [0.1, 0.15) is 24.5 Å². The van der Waals surface area contributed by atoms with E-state index in [2.05, 4.69) is 10.6 Å². The normalized spacial score (nSPS) is 17.1. The highest BCUT2D eigenvalue weighted by Gasteiger charge is 2.21. The van der Waals surface area contributed by atoms with Gasteiger partial charge in [0.1, 0.15) is 5.82 Å². The summed E-state index contributed by atoms with van der Waals surface area (Å²) in [5, 5.41) is 15.8. The molecule has 4 nitrogen and oxygen atoms in total. The first-order valence-corrected chi connectivity index (χ1v) is 6.59. The van der Waals surface area contributed by atoms with E-state index in [0.717, 1.165) is 25.9 Å². The summed E-state index contributed by atoms with van der Waals surface area (Å²) in [6, 6.07) is 6.05. The SMILES string of the molecule is Cl.O=C(NCC(O)c1ccccc1F)C1CCNCC1. The topological polar surface area (TPSA) is 61.4 Å². The van der Waals surface area contributed by atoms with Gasteiger partial charge in [-0.05, 0) is 32.0 Å². The van der Waals surface area contributed by atoms with Crippen molar-refractivity contribution in [3.8, 4) is 0 Å². The number of halogens is 2. The molecule has 0 bridgehead atoms. The van der Waals surface area contributed by atoms with Crippen LogP contribution in [-0.2, 0) is 4.79 Å². The quantitative estimate of drug-likeness (QED) is 0.788. The van der Waals surface area contributed by atoms with E-state index >= 15 is 0 Å². The Morgan fingerprint density at radius 2 is 2.05 bits per heavy atom. The Morgan fingerprint density at radius 1 is 1.40 bits per heavy atom. The molecule has 1 aromatic rings. The molecule has 1 aliphatic heterocycles. The lowest BCUT2D eigenvalue weighted by Crippen LogP contribution is -2.39. The van der Waals surface area contributed by atoms with Crippen molar-refractivity contribution in [2.45, 2.75) is 18.9 Å². The lowest BCUT2D eigenvalue weighted by Gasteiger charge is -2.22. The predicted molar refractivity (Wildman–Crippen MR) is 77.2 cm³/mol. The second kappa shape index (κ2) is 8.19. The third-order valence-corrected chi connectivity index (χ3v) is 3.44. The molecule has 6 heteroatoms. The van der Waals surface area contributed by atoms with Crippen molar-refractivity contribution >= 4 is 18.3 Å². The molecule has 1 fully saturated rings. The Balaban J connectivity index is 0.00000200. The number of hydrogen-bond donors (Lipinski definition) is 3. The Hall–Kier alpha value is -1.17. The van der Waals surface area contributed by atoms with Crippen molar-refractivity contribution in [3.05, 3.63) is 35.6 Å². The van der Waals surface area contributed by atoms with Gasteiger partial charge in [0.25, 0.3) is 0 Å². The minimum absolute atomic E-state index is 0. The predicted octanol–water partition coefficient (Wildman–Crippen LogP) is 1.40. The van der Waals surface area contributed by atoms with Crippen LogP contribution in [0.5, 0.6) is 0 Å². The lowest BCUT2D eigenvalue weighted by molar-refractivity contribution is -0.126. The van der Waals surface area contributed by atoms with Gasteiger partial charge in [-0.3, -0.25) is 4.79 Å². The molecule has 1 atom stereocenters. The maximum absolute atomic E-state index is 13.4. The second-order valence-electron chi connectivity index (χ2n) is 4.81. The zero-order chi connectivity index (χ0) is 13.7. The molecule has 1 aromatic carbocycles. The molecule has 0 radical (unpaired) electrons. The zero-order valence-corrected chi connectivity index (χ0v) is 12.0. The fourth-order valence-corrected chi connectivity index (χ4v) is 2.28. The number of carbonyl (C=O) groups excluding carboxylic acids is 1. The summed E-state index contributed by atoms with van der Waals surface area (Å²) in [6.45, 7) is 1.73. The molecule has 1 heterocycles. The molecule has 0 aliphatic carbocycles. The molecular weight excluding hydrogens is 283 g/mol. The first-order valence-electron chi connectivity index (χ1n) is 6.59. The second-order valence-corrected chi connectivity index (χ2v) is 4.81. The van der Waals surface area contributed by atoms with Gasteiger partial charge in [0.2, 0.25) is 5.91 Å². The number of amides is 1. The summed E-state index contributed by atoms with van der Waals surface area (Å²) < 4.78 is 13.4. The molecule has 0 aromatic heterocycles. The van der Waals surface area contributed by atoms with Gasteiger partial charge in [-0.25, -0.2) is 4.39 Å². The number of rotatable bonds is 4. The molecule has 1 aliphatic rings. The van der Waals surface area contributed by atoms with Crippen LogP contribution in [0.15, 0.2) is 24.3 Å². The van der Waals surface area contributed by atoms with Gasteiger partial charge < -0.3 is 15.7 Å². The summed E-state index contributed by atoms with van der Waals surface area (Å²) in [4.78, 5) is 11.9.